The molecule has 8 nitrogen and oxygen atoms in total. The van der Waals surface area contributed by atoms with E-state index in [-0.39, 0.29) is 11.4 Å². The Balaban J connectivity index is 1.51. The fraction of sp³-hybridized carbons (Fsp3) is 0.143. The first-order valence-electron chi connectivity index (χ1n) is 8.91. The molecular weight excluding hydrogens is 374 g/mol. The highest BCUT2D eigenvalue weighted by molar-refractivity contribution is 6.00. The van der Waals surface area contributed by atoms with Crippen molar-refractivity contribution in [1.29, 1.82) is 0 Å². The zero-order valence-electron chi connectivity index (χ0n) is 15.7. The summed E-state index contributed by atoms with van der Waals surface area (Å²) < 4.78 is 15.7. The molecule has 0 aliphatic heterocycles. The van der Waals surface area contributed by atoms with Crippen molar-refractivity contribution in [2.24, 2.45) is 0 Å². The molecule has 0 aliphatic carbocycles. The maximum absolute atomic E-state index is 12.5. The molecule has 0 saturated carbocycles. The summed E-state index contributed by atoms with van der Waals surface area (Å²) in [5.41, 5.74) is 2.37. The van der Waals surface area contributed by atoms with Gasteiger partial charge in [-0.1, -0.05) is 40.6 Å². The molecule has 146 valence electrons. The molecule has 0 radical (unpaired) electrons. The van der Waals surface area contributed by atoms with Gasteiger partial charge < -0.3 is 13.8 Å². The van der Waals surface area contributed by atoms with Crippen LogP contribution < -0.4 is 5.32 Å². The van der Waals surface area contributed by atoms with Crippen LogP contribution in [0.3, 0.4) is 0 Å². The maximum Gasteiger partial charge on any atom is 0.338 e. The molecule has 8 heteroatoms. The van der Waals surface area contributed by atoms with Crippen molar-refractivity contribution in [3.05, 3.63) is 65.9 Å². The van der Waals surface area contributed by atoms with Crippen molar-refractivity contribution in [2.75, 3.05) is 5.32 Å². The average molecular weight is 391 g/mol. The number of aromatic nitrogens is 2. The van der Waals surface area contributed by atoms with Gasteiger partial charge >= 0.3 is 5.97 Å². The van der Waals surface area contributed by atoms with Gasteiger partial charge in [0, 0.05) is 11.6 Å². The Morgan fingerprint density at radius 2 is 1.83 bits per heavy atom. The molecule has 0 bridgehead atoms. The van der Waals surface area contributed by atoms with E-state index >= 15 is 0 Å². The van der Waals surface area contributed by atoms with Gasteiger partial charge in [-0.05, 0) is 32.0 Å². The molecule has 2 aromatic heterocycles. The number of nitrogens with zero attached hydrogens (tertiary/aromatic N) is 2. The first kappa shape index (κ1) is 18.4. The van der Waals surface area contributed by atoms with E-state index in [1.807, 2.05) is 30.3 Å². The number of ether oxygens (including phenoxy) is 1. The number of carbonyl (C=O) groups is 2. The summed E-state index contributed by atoms with van der Waals surface area (Å²) in [5, 5.41) is 10.9. The van der Waals surface area contributed by atoms with Crippen LogP contribution >= 0.6 is 0 Å². The largest absolute Gasteiger partial charge is 0.449 e. The highest BCUT2D eigenvalue weighted by atomic mass is 16.5. The van der Waals surface area contributed by atoms with Crippen molar-refractivity contribution in [3.63, 3.8) is 0 Å². The zero-order chi connectivity index (χ0) is 20.4. The van der Waals surface area contributed by atoms with Gasteiger partial charge in [0.15, 0.2) is 11.9 Å². The molecule has 1 amide bonds. The number of esters is 1. The number of anilines is 1. The van der Waals surface area contributed by atoms with Crippen LogP contribution in [0.15, 0.2) is 63.6 Å². The Kier molecular flexibility index (Phi) is 4.82. The zero-order valence-corrected chi connectivity index (χ0v) is 15.7. The van der Waals surface area contributed by atoms with Gasteiger partial charge in [0.25, 0.3) is 5.91 Å². The minimum absolute atomic E-state index is 0.189. The highest BCUT2D eigenvalue weighted by Crippen LogP contribution is 2.29. The lowest BCUT2D eigenvalue weighted by molar-refractivity contribution is -0.123. The summed E-state index contributed by atoms with van der Waals surface area (Å²) in [4.78, 5) is 24.7. The standard InChI is InChI=1S/C21H17N3O5/c1-12-10-18(28-23-12)22-20(25)13(2)27-21(26)15-8-9-17-16(11-15)19(29-24-17)14-6-4-3-5-7-14/h3-11,13H,1-2H3,(H,22,25). The van der Waals surface area contributed by atoms with E-state index < -0.39 is 18.0 Å². The van der Waals surface area contributed by atoms with Gasteiger partial charge in [0.2, 0.25) is 5.88 Å². The van der Waals surface area contributed by atoms with Gasteiger partial charge in [0.1, 0.15) is 5.52 Å². The summed E-state index contributed by atoms with van der Waals surface area (Å²) in [6.07, 6.45) is -1.03. The minimum Gasteiger partial charge on any atom is -0.449 e. The second-order valence-corrected chi connectivity index (χ2v) is 6.48. The van der Waals surface area contributed by atoms with Crippen LogP contribution in [0.2, 0.25) is 0 Å². The number of carbonyl (C=O) groups excluding carboxylic acids is 2. The predicted octanol–water partition coefficient (Wildman–Crippen LogP) is 3.98. The van der Waals surface area contributed by atoms with Gasteiger partial charge in [0.05, 0.1) is 16.6 Å². The third-order valence-corrected chi connectivity index (χ3v) is 4.28. The Hall–Kier alpha value is -3.94. The molecule has 0 spiro atoms. The molecule has 2 heterocycles. The van der Waals surface area contributed by atoms with E-state index in [0.29, 0.717) is 22.4 Å². The van der Waals surface area contributed by atoms with Crippen LogP contribution in [0.5, 0.6) is 0 Å². The van der Waals surface area contributed by atoms with Crippen LogP contribution in [-0.2, 0) is 9.53 Å². The highest BCUT2D eigenvalue weighted by Gasteiger charge is 2.21. The fourth-order valence-electron chi connectivity index (χ4n) is 2.79. The Bertz CT molecular complexity index is 1180. The molecule has 2 aromatic carbocycles. The summed E-state index contributed by atoms with van der Waals surface area (Å²) in [5.74, 6) is -0.412. The van der Waals surface area contributed by atoms with Gasteiger partial charge in [-0.3, -0.25) is 10.1 Å². The molecular formula is C21H17N3O5. The SMILES string of the molecule is Cc1cc(NC(=O)C(C)OC(=O)c2ccc3noc(-c4ccccc4)c3c2)on1. The third kappa shape index (κ3) is 3.86. The topological polar surface area (TPSA) is 107 Å². The van der Waals surface area contributed by atoms with Crippen LogP contribution in [0.4, 0.5) is 5.88 Å². The average Bonchev–Trinajstić information content (AvgIpc) is 3.33. The lowest BCUT2D eigenvalue weighted by atomic mass is 10.1. The van der Waals surface area contributed by atoms with E-state index in [4.69, 9.17) is 13.8 Å². The Morgan fingerprint density at radius 1 is 1.03 bits per heavy atom. The molecule has 4 aromatic rings. The summed E-state index contributed by atoms with van der Waals surface area (Å²) >= 11 is 0. The molecule has 4 rings (SSSR count). The monoisotopic (exact) mass is 391 g/mol. The quantitative estimate of drug-likeness (QED) is 0.513. The van der Waals surface area contributed by atoms with E-state index in [2.05, 4.69) is 15.6 Å². The summed E-state index contributed by atoms with van der Waals surface area (Å²) in [6, 6.07) is 15.9. The lowest BCUT2D eigenvalue weighted by Crippen LogP contribution is -2.29. The molecule has 1 N–H and O–H groups in total. The predicted molar refractivity (Wildman–Crippen MR) is 104 cm³/mol. The number of hydrogen-bond acceptors (Lipinski definition) is 7. The minimum atomic E-state index is -1.03. The second-order valence-electron chi connectivity index (χ2n) is 6.48. The van der Waals surface area contributed by atoms with Crippen molar-refractivity contribution in [2.45, 2.75) is 20.0 Å². The van der Waals surface area contributed by atoms with Gasteiger partial charge in [-0.25, -0.2) is 4.79 Å². The number of fused-ring (bicyclic) bond motifs is 1. The smallest absolute Gasteiger partial charge is 0.338 e. The number of benzene rings is 2. The fourth-order valence-corrected chi connectivity index (χ4v) is 2.79. The molecule has 0 fully saturated rings. The molecule has 0 aliphatic rings. The first-order valence-corrected chi connectivity index (χ1v) is 8.91. The number of aryl methyl sites for hydroxylation is 1. The molecule has 1 unspecified atom stereocenters. The number of hydrogen-bond donors (Lipinski definition) is 1. The van der Waals surface area contributed by atoms with Crippen molar-refractivity contribution >= 4 is 28.7 Å². The van der Waals surface area contributed by atoms with Crippen molar-refractivity contribution < 1.29 is 23.4 Å². The van der Waals surface area contributed by atoms with Crippen molar-refractivity contribution in [1.82, 2.24) is 10.3 Å². The molecule has 29 heavy (non-hydrogen) atoms. The lowest BCUT2D eigenvalue weighted by Gasteiger charge is -2.12. The van der Waals surface area contributed by atoms with Crippen molar-refractivity contribution in [3.8, 4) is 11.3 Å². The Morgan fingerprint density at radius 3 is 2.55 bits per heavy atom. The normalized spacial score (nSPS) is 11.9. The second kappa shape index (κ2) is 7.59. The summed E-state index contributed by atoms with van der Waals surface area (Å²) in [6.45, 7) is 3.21. The van der Waals surface area contributed by atoms with Crippen LogP contribution in [0, 0.1) is 6.92 Å². The molecule has 0 saturated heterocycles. The van der Waals surface area contributed by atoms with Crippen LogP contribution in [0.25, 0.3) is 22.2 Å². The van der Waals surface area contributed by atoms with Gasteiger partial charge in [-0.15, -0.1) is 0 Å². The third-order valence-electron chi connectivity index (χ3n) is 4.28. The first-order chi connectivity index (χ1) is 14.0. The van der Waals surface area contributed by atoms with E-state index in [0.717, 1.165) is 5.56 Å². The maximum atomic E-state index is 12.5. The van der Waals surface area contributed by atoms with Crippen LogP contribution in [-0.4, -0.2) is 28.3 Å². The van der Waals surface area contributed by atoms with E-state index in [1.54, 1.807) is 31.2 Å². The van der Waals surface area contributed by atoms with E-state index in [9.17, 15) is 9.59 Å². The van der Waals surface area contributed by atoms with E-state index in [1.165, 1.54) is 6.92 Å². The number of amides is 1. The number of nitrogens with one attached hydrogen (secondary N) is 1. The van der Waals surface area contributed by atoms with Crippen LogP contribution in [0.1, 0.15) is 23.0 Å². The Labute approximate surface area is 165 Å². The number of rotatable bonds is 5. The molecule has 1 atom stereocenters. The van der Waals surface area contributed by atoms with Gasteiger partial charge in [-0.2, -0.15) is 0 Å². The summed E-state index contributed by atoms with van der Waals surface area (Å²) in [7, 11) is 0.